The van der Waals surface area contributed by atoms with E-state index in [-0.39, 0.29) is 11.6 Å². The number of carbonyl (C=O) groups is 1. The Balaban J connectivity index is 1.42. The number of rotatable bonds is 4. The van der Waals surface area contributed by atoms with E-state index in [0.717, 1.165) is 27.8 Å². The molecular formula is C26H22ClN5O3. The number of nitrogens with zero attached hydrogens (tertiary/aromatic N) is 5. The minimum atomic E-state index is -0.493. The molecule has 2 heterocycles. The lowest BCUT2D eigenvalue weighted by atomic mass is 10.1. The molecule has 0 bridgehead atoms. The predicted octanol–water partition coefficient (Wildman–Crippen LogP) is 5.13. The van der Waals surface area contributed by atoms with Gasteiger partial charge in [-0.05, 0) is 31.2 Å². The van der Waals surface area contributed by atoms with E-state index in [1.807, 2.05) is 49.4 Å². The molecule has 0 radical (unpaired) electrons. The van der Waals surface area contributed by atoms with E-state index < -0.39 is 4.92 Å². The Morgan fingerprint density at radius 3 is 2.43 bits per heavy atom. The molecule has 1 amide bonds. The number of aromatic nitrogens is 2. The Kier molecular flexibility index (Phi) is 6.05. The van der Waals surface area contributed by atoms with Gasteiger partial charge in [-0.2, -0.15) is 0 Å². The maximum Gasteiger partial charge on any atom is 0.270 e. The van der Waals surface area contributed by atoms with Crippen LogP contribution in [0.4, 0.5) is 11.5 Å². The second-order valence-corrected chi connectivity index (χ2v) is 8.92. The average molecular weight is 488 g/mol. The number of nitro benzene ring substituents is 1. The highest BCUT2D eigenvalue weighted by Gasteiger charge is 2.25. The van der Waals surface area contributed by atoms with Gasteiger partial charge in [0.05, 0.1) is 10.4 Å². The molecule has 0 saturated carbocycles. The number of aryl methyl sites for hydroxylation is 1. The van der Waals surface area contributed by atoms with Crippen molar-refractivity contribution in [3.8, 4) is 11.4 Å². The number of benzene rings is 3. The Morgan fingerprint density at radius 2 is 1.71 bits per heavy atom. The highest BCUT2D eigenvalue weighted by atomic mass is 35.5. The van der Waals surface area contributed by atoms with Crippen LogP contribution in [0.1, 0.15) is 15.9 Å². The van der Waals surface area contributed by atoms with Crippen molar-refractivity contribution >= 4 is 39.9 Å². The SMILES string of the molecule is Cc1ccc(-c2nc(N3CCN(C(=O)c4cccc([N+](=O)[O-])c4)CC3)c3ccc(Cl)cc3n2)cc1. The van der Waals surface area contributed by atoms with Crippen LogP contribution in [0.3, 0.4) is 0 Å². The zero-order valence-corrected chi connectivity index (χ0v) is 19.8. The Bertz CT molecular complexity index is 1430. The van der Waals surface area contributed by atoms with Crippen molar-refractivity contribution in [1.82, 2.24) is 14.9 Å². The maximum absolute atomic E-state index is 13.0. The molecule has 0 spiro atoms. The van der Waals surface area contributed by atoms with Crippen molar-refractivity contribution in [2.75, 3.05) is 31.1 Å². The van der Waals surface area contributed by atoms with Gasteiger partial charge in [0, 0.05) is 59.8 Å². The third-order valence-electron chi connectivity index (χ3n) is 6.12. The summed E-state index contributed by atoms with van der Waals surface area (Å²) >= 11 is 6.26. The largest absolute Gasteiger partial charge is 0.352 e. The van der Waals surface area contributed by atoms with E-state index in [0.29, 0.717) is 42.6 Å². The van der Waals surface area contributed by atoms with Crippen LogP contribution in [0, 0.1) is 17.0 Å². The van der Waals surface area contributed by atoms with E-state index in [4.69, 9.17) is 21.6 Å². The van der Waals surface area contributed by atoms with Crippen molar-refractivity contribution in [2.24, 2.45) is 0 Å². The number of hydrogen-bond donors (Lipinski definition) is 0. The van der Waals surface area contributed by atoms with Gasteiger partial charge in [0.15, 0.2) is 5.82 Å². The third kappa shape index (κ3) is 4.65. The van der Waals surface area contributed by atoms with Gasteiger partial charge < -0.3 is 9.80 Å². The van der Waals surface area contributed by atoms with Gasteiger partial charge in [0.1, 0.15) is 5.82 Å². The van der Waals surface area contributed by atoms with Crippen LogP contribution < -0.4 is 4.90 Å². The molecule has 176 valence electrons. The van der Waals surface area contributed by atoms with Crippen LogP contribution in [0.25, 0.3) is 22.3 Å². The van der Waals surface area contributed by atoms with Crippen molar-refractivity contribution in [3.05, 3.63) is 93.0 Å². The van der Waals surface area contributed by atoms with Crippen molar-refractivity contribution < 1.29 is 9.72 Å². The number of fused-ring (bicyclic) bond motifs is 1. The van der Waals surface area contributed by atoms with Crippen LogP contribution in [-0.2, 0) is 0 Å². The predicted molar refractivity (Wildman–Crippen MR) is 136 cm³/mol. The molecule has 35 heavy (non-hydrogen) atoms. The van der Waals surface area contributed by atoms with Gasteiger partial charge in [-0.1, -0.05) is 47.5 Å². The molecule has 5 rings (SSSR count). The fourth-order valence-corrected chi connectivity index (χ4v) is 4.38. The molecule has 1 fully saturated rings. The van der Waals surface area contributed by atoms with E-state index in [1.54, 1.807) is 11.0 Å². The lowest BCUT2D eigenvalue weighted by Crippen LogP contribution is -2.49. The first kappa shape index (κ1) is 22.7. The quantitative estimate of drug-likeness (QED) is 0.292. The summed E-state index contributed by atoms with van der Waals surface area (Å²) in [4.78, 5) is 37.1. The minimum absolute atomic E-state index is 0.0933. The molecule has 1 aromatic heterocycles. The zero-order valence-electron chi connectivity index (χ0n) is 19.0. The highest BCUT2D eigenvalue weighted by Crippen LogP contribution is 2.30. The first-order chi connectivity index (χ1) is 16.9. The van der Waals surface area contributed by atoms with Crippen molar-refractivity contribution in [1.29, 1.82) is 0 Å². The summed E-state index contributed by atoms with van der Waals surface area (Å²) < 4.78 is 0. The fraction of sp³-hybridized carbons (Fsp3) is 0.192. The fourth-order valence-electron chi connectivity index (χ4n) is 4.22. The summed E-state index contributed by atoms with van der Waals surface area (Å²) in [6.45, 7) is 4.12. The number of anilines is 1. The highest BCUT2D eigenvalue weighted by molar-refractivity contribution is 6.31. The van der Waals surface area contributed by atoms with Gasteiger partial charge in [0.2, 0.25) is 0 Å². The molecule has 0 atom stereocenters. The van der Waals surface area contributed by atoms with Gasteiger partial charge >= 0.3 is 0 Å². The molecule has 3 aromatic carbocycles. The summed E-state index contributed by atoms with van der Waals surface area (Å²) in [6.07, 6.45) is 0. The second-order valence-electron chi connectivity index (χ2n) is 8.49. The van der Waals surface area contributed by atoms with Gasteiger partial charge in [-0.15, -0.1) is 0 Å². The number of hydrogen-bond acceptors (Lipinski definition) is 6. The summed E-state index contributed by atoms with van der Waals surface area (Å²) in [7, 11) is 0. The summed E-state index contributed by atoms with van der Waals surface area (Å²) in [5.74, 6) is 1.20. The number of nitro groups is 1. The first-order valence-corrected chi connectivity index (χ1v) is 11.6. The molecule has 1 aliphatic rings. The molecule has 9 heteroatoms. The van der Waals surface area contributed by atoms with Gasteiger partial charge in [-0.25, -0.2) is 9.97 Å². The van der Waals surface area contributed by atoms with E-state index in [1.165, 1.54) is 18.2 Å². The van der Waals surface area contributed by atoms with Crippen molar-refractivity contribution in [2.45, 2.75) is 6.92 Å². The molecule has 1 aliphatic heterocycles. The van der Waals surface area contributed by atoms with Crippen LogP contribution in [-0.4, -0.2) is 51.9 Å². The van der Waals surface area contributed by atoms with Crippen LogP contribution in [0.15, 0.2) is 66.7 Å². The molecule has 0 N–H and O–H groups in total. The lowest BCUT2D eigenvalue weighted by molar-refractivity contribution is -0.384. The molecular weight excluding hydrogens is 466 g/mol. The lowest BCUT2D eigenvalue weighted by Gasteiger charge is -2.36. The van der Waals surface area contributed by atoms with E-state index in [9.17, 15) is 14.9 Å². The van der Waals surface area contributed by atoms with Crippen LogP contribution >= 0.6 is 11.6 Å². The van der Waals surface area contributed by atoms with Gasteiger partial charge in [0.25, 0.3) is 11.6 Å². The standard InChI is InChI=1S/C26H22ClN5O3/c1-17-5-7-18(8-6-17)24-28-23-16-20(27)9-10-22(23)25(29-24)30-11-13-31(14-12-30)26(33)19-3-2-4-21(15-19)32(34)35/h2-10,15-16H,11-14H2,1H3. The smallest absolute Gasteiger partial charge is 0.270 e. The van der Waals surface area contributed by atoms with E-state index >= 15 is 0 Å². The molecule has 4 aromatic rings. The van der Waals surface area contributed by atoms with E-state index in [2.05, 4.69) is 4.90 Å². The summed E-state index contributed by atoms with van der Waals surface area (Å²) in [5.41, 5.74) is 3.05. The molecule has 0 aliphatic carbocycles. The second kappa shape index (κ2) is 9.31. The first-order valence-electron chi connectivity index (χ1n) is 11.2. The van der Waals surface area contributed by atoms with Crippen LogP contribution in [0.5, 0.6) is 0 Å². The zero-order chi connectivity index (χ0) is 24.5. The third-order valence-corrected chi connectivity index (χ3v) is 6.35. The number of amides is 1. The number of halogens is 1. The maximum atomic E-state index is 13.0. The summed E-state index contributed by atoms with van der Waals surface area (Å²) in [6, 6.07) is 19.5. The normalized spacial score (nSPS) is 13.8. The van der Waals surface area contributed by atoms with Gasteiger partial charge in [-0.3, -0.25) is 14.9 Å². The summed E-state index contributed by atoms with van der Waals surface area (Å²) in [5, 5.41) is 12.6. The van der Waals surface area contributed by atoms with Crippen LogP contribution in [0.2, 0.25) is 5.02 Å². The number of carbonyl (C=O) groups excluding carboxylic acids is 1. The van der Waals surface area contributed by atoms with Crippen molar-refractivity contribution in [3.63, 3.8) is 0 Å². The Morgan fingerprint density at radius 1 is 0.971 bits per heavy atom. The Hall–Kier alpha value is -4.04. The Labute approximate surface area is 206 Å². The molecule has 0 unspecified atom stereocenters. The average Bonchev–Trinajstić information content (AvgIpc) is 2.88. The molecule has 8 nitrogen and oxygen atoms in total. The minimum Gasteiger partial charge on any atom is -0.352 e. The monoisotopic (exact) mass is 487 g/mol. The number of non-ortho nitro benzene ring substituents is 1. The number of piperazine rings is 1. The molecule has 1 saturated heterocycles. The topological polar surface area (TPSA) is 92.5 Å².